The molecule has 31 heavy (non-hydrogen) atoms. The van der Waals surface area contributed by atoms with Crippen molar-refractivity contribution in [2.45, 2.75) is 42.7 Å². The fraction of sp³-hybridized carbons (Fsp3) is 0.381. The number of ether oxygens (including phenoxy) is 2. The number of carbonyl (C=O) groups excluding carboxylic acids is 1. The topological polar surface area (TPSA) is 177 Å². The zero-order chi connectivity index (χ0) is 22.4. The van der Waals surface area contributed by atoms with Crippen molar-refractivity contribution in [3.63, 3.8) is 0 Å². The van der Waals surface area contributed by atoms with E-state index >= 15 is 0 Å². The second-order valence-corrected chi connectivity index (χ2v) is 7.56. The van der Waals surface area contributed by atoms with E-state index < -0.39 is 60.9 Å². The van der Waals surface area contributed by atoms with E-state index in [0.29, 0.717) is 5.56 Å². The van der Waals surface area contributed by atoms with E-state index in [1.54, 1.807) is 0 Å². The van der Waals surface area contributed by atoms with Gasteiger partial charge < -0.3 is 45.2 Å². The Kier molecular flexibility index (Phi) is 5.60. The van der Waals surface area contributed by atoms with Crippen LogP contribution in [0, 0.1) is 0 Å². The summed E-state index contributed by atoms with van der Waals surface area (Å²) in [4.78, 5) is 12.8. The summed E-state index contributed by atoms with van der Waals surface area (Å²) < 4.78 is 11.4. The van der Waals surface area contributed by atoms with E-state index in [9.17, 15) is 40.5 Å². The molecule has 0 radical (unpaired) electrons. The number of hydrogen-bond acceptors (Lipinski definition) is 10. The first-order valence-electron chi connectivity index (χ1n) is 9.58. The number of phenols is 2. The molecule has 1 fully saturated rings. The molecule has 7 atom stereocenters. The molecule has 7 N–H and O–H groups in total. The molecule has 2 aliphatic rings. The molecule has 0 bridgehead atoms. The zero-order valence-electron chi connectivity index (χ0n) is 16.1. The van der Waals surface area contributed by atoms with Crippen LogP contribution in [0.3, 0.4) is 0 Å². The Morgan fingerprint density at radius 1 is 0.839 bits per heavy atom. The lowest BCUT2D eigenvalue weighted by molar-refractivity contribution is -0.232. The van der Waals surface area contributed by atoms with Crippen LogP contribution in [0.25, 0.3) is 0 Å². The molecule has 166 valence electrons. The minimum absolute atomic E-state index is 0.0274. The molecule has 10 nitrogen and oxygen atoms in total. The summed E-state index contributed by atoms with van der Waals surface area (Å²) in [6.07, 6.45) is -10.5. The summed E-state index contributed by atoms with van der Waals surface area (Å²) in [5.41, 5.74) is 0.123. The molecule has 0 aliphatic carbocycles. The molecule has 0 spiro atoms. The standard InChI is InChI=1S/C21H22O10/c22-7-12-15(26)16(27)18(29)21(30-12)13-11(24)6-5-10-14(25)17(28)19(31-20(10)13)8-1-3-9(23)4-2-8/h1-6,12,15-19,21-24,26-29H,7H2/t12-,15+,16+,17?,18-,19?,21?/m1/s1. The van der Waals surface area contributed by atoms with Gasteiger partial charge >= 0.3 is 0 Å². The van der Waals surface area contributed by atoms with Crippen LogP contribution in [0.15, 0.2) is 36.4 Å². The van der Waals surface area contributed by atoms with Crippen LogP contribution in [-0.4, -0.2) is 78.7 Å². The highest BCUT2D eigenvalue weighted by molar-refractivity contribution is 6.03. The van der Waals surface area contributed by atoms with Crippen LogP contribution in [-0.2, 0) is 4.74 Å². The molecule has 4 rings (SSSR count). The Balaban J connectivity index is 1.80. The first-order valence-corrected chi connectivity index (χ1v) is 9.58. The highest BCUT2D eigenvalue weighted by atomic mass is 16.5. The number of fused-ring (bicyclic) bond motifs is 1. The molecule has 0 amide bonds. The van der Waals surface area contributed by atoms with Crippen LogP contribution >= 0.6 is 0 Å². The van der Waals surface area contributed by atoms with Gasteiger partial charge in [0.15, 0.2) is 18.0 Å². The minimum Gasteiger partial charge on any atom is -0.508 e. The number of carbonyl (C=O) groups is 1. The van der Waals surface area contributed by atoms with Crippen molar-refractivity contribution in [1.82, 2.24) is 0 Å². The molecule has 2 aromatic carbocycles. The average Bonchev–Trinajstić information content (AvgIpc) is 2.76. The summed E-state index contributed by atoms with van der Waals surface area (Å²) in [6, 6.07) is 8.02. The van der Waals surface area contributed by atoms with Crippen molar-refractivity contribution >= 4 is 5.78 Å². The molecule has 10 heteroatoms. The van der Waals surface area contributed by atoms with E-state index in [1.165, 1.54) is 30.3 Å². The van der Waals surface area contributed by atoms with Gasteiger partial charge in [-0.05, 0) is 29.8 Å². The first-order chi connectivity index (χ1) is 14.7. The van der Waals surface area contributed by atoms with Gasteiger partial charge in [-0.25, -0.2) is 0 Å². The summed E-state index contributed by atoms with van der Waals surface area (Å²) in [7, 11) is 0. The number of aliphatic hydroxyl groups excluding tert-OH is 5. The Morgan fingerprint density at radius 2 is 1.52 bits per heavy atom. The predicted octanol–water partition coefficient (Wildman–Crippen LogP) is -0.710. The van der Waals surface area contributed by atoms with Gasteiger partial charge in [0.25, 0.3) is 0 Å². The van der Waals surface area contributed by atoms with Gasteiger partial charge in [-0.15, -0.1) is 0 Å². The van der Waals surface area contributed by atoms with Gasteiger partial charge in [0, 0.05) is 0 Å². The molecule has 0 saturated carbocycles. The van der Waals surface area contributed by atoms with Crippen molar-refractivity contribution in [3.05, 3.63) is 53.1 Å². The Bertz CT molecular complexity index is 973. The quantitative estimate of drug-likeness (QED) is 0.326. The molecular formula is C21H22O10. The van der Waals surface area contributed by atoms with Crippen LogP contribution < -0.4 is 4.74 Å². The monoisotopic (exact) mass is 434 g/mol. The number of aliphatic hydroxyl groups is 5. The lowest BCUT2D eigenvalue weighted by Gasteiger charge is -2.41. The SMILES string of the molecule is O=C1c2ccc(O)c(C3O[C@H](CO)[C@H](O)[C@H](O)[C@H]3O)c2OC(c2ccc(O)cc2)C1O. The van der Waals surface area contributed by atoms with E-state index in [1.807, 2.05) is 0 Å². The number of Topliss-reactive ketones (excluding diaryl/α,β-unsaturated/α-hetero) is 1. The van der Waals surface area contributed by atoms with Crippen LogP contribution in [0.2, 0.25) is 0 Å². The van der Waals surface area contributed by atoms with Gasteiger partial charge in [0.05, 0.1) is 17.7 Å². The highest BCUT2D eigenvalue weighted by Gasteiger charge is 2.48. The van der Waals surface area contributed by atoms with Gasteiger partial charge in [0.1, 0.15) is 47.8 Å². The number of aromatic hydroxyl groups is 2. The van der Waals surface area contributed by atoms with Gasteiger partial charge in [0.2, 0.25) is 0 Å². The summed E-state index contributed by atoms with van der Waals surface area (Å²) in [5.74, 6) is -1.32. The average molecular weight is 434 g/mol. The predicted molar refractivity (Wildman–Crippen MR) is 103 cm³/mol. The lowest BCUT2D eigenvalue weighted by atomic mass is 9.86. The Hall–Kier alpha value is -2.73. The van der Waals surface area contributed by atoms with Crippen molar-refractivity contribution in [2.75, 3.05) is 6.61 Å². The van der Waals surface area contributed by atoms with Gasteiger partial charge in [-0.3, -0.25) is 4.79 Å². The number of benzene rings is 2. The lowest BCUT2D eigenvalue weighted by Crippen LogP contribution is -2.55. The fourth-order valence-corrected chi connectivity index (χ4v) is 3.93. The van der Waals surface area contributed by atoms with E-state index in [0.717, 1.165) is 6.07 Å². The van der Waals surface area contributed by atoms with Crippen molar-refractivity contribution in [3.8, 4) is 17.2 Å². The third-order valence-electron chi connectivity index (χ3n) is 5.64. The molecular weight excluding hydrogens is 412 g/mol. The van der Waals surface area contributed by atoms with E-state index in [4.69, 9.17) is 9.47 Å². The molecule has 0 aromatic heterocycles. The second-order valence-electron chi connectivity index (χ2n) is 7.56. The normalized spacial score (nSPS) is 32.9. The third kappa shape index (κ3) is 3.53. The fourth-order valence-electron chi connectivity index (χ4n) is 3.93. The van der Waals surface area contributed by atoms with Crippen LogP contribution in [0.1, 0.15) is 33.7 Å². The summed E-state index contributed by atoms with van der Waals surface area (Å²) in [6.45, 7) is -0.675. The number of hydrogen-bond donors (Lipinski definition) is 7. The molecule has 2 heterocycles. The number of ketones is 1. The summed E-state index contributed by atoms with van der Waals surface area (Å²) >= 11 is 0. The molecule has 1 saturated heterocycles. The van der Waals surface area contributed by atoms with Gasteiger partial charge in [-0.2, -0.15) is 0 Å². The van der Waals surface area contributed by atoms with Crippen molar-refractivity contribution in [2.24, 2.45) is 0 Å². The summed E-state index contributed by atoms with van der Waals surface area (Å²) in [5, 5.41) is 70.6. The van der Waals surface area contributed by atoms with Crippen LogP contribution in [0.4, 0.5) is 0 Å². The van der Waals surface area contributed by atoms with E-state index in [2.05, 4.69) is 0 Å². The van der Waals surface area contributed by atoms with Gasteiger partial charge in [-0.1, -0.05) is 12.1 Å². The third-order valence-corrected chi connectivity index (χ3v) is 5.64. The van der Waals surface area contributed by atoms with Crippen molar-refractivity contribution in [1.29, 1.82) is 0 Å². The zero-order valence-corrected chi connectivity index (χ0v) is 16.1. The molecule has 3 unspecified atom stereocenters. The molecule has 2 aromatic rings. The Labute approximate surface area is 176 Å². The number of rotatable bonds is 3. The minimum atomic E-state index is -1.71. The maximum atomic E-state index is 12.8. The highest BCUT2D eigenvalue weighted by Crippen LogP contribution is 2.47. The second kappa shape index (κ2) is 8.08. The Morgan fingerprint density at radius 3 is 2.16 bits per heavy atom. The van der Waals surface area contributed by atoms with Crippen molar-refractivity contribution < 1.29 is 50.0 Å². The molecule has 2 aliphatic heterocycles. The largest absolute Gasteiger partial charge is 0.508 e. The number of phenolic OH excluding ortho intramolecular Hbond substituents is 2. The maximum Gasteiger partial charge on any atom is 0.199 e. The van der Waals surface area contributed by atoms with E-state index in [-0.39, 0.29) is 22.6 Å². The first kappa shape index (κ1) is 21.5. The maximum absolute atomic E-state index is 12.8. The smallest absolute Gasteiger partial charge is 0.199 e. The van der Waals surface area contributed by atoms with Crippen LogP contribution in [0.5, 0.6) is 17.2 Å².